The van der Waals surface area contributed by atoms with E-state index in [9.17, 15) is 9.90 Å². The lowest BCUT2D eigenvalue weighted by atomic mass is 9.99. The fourth-order valence-electron chi connectivity index (χ4n) is 3.00. The number of rotatable bonds is 10. The first kappa shape index (κ1) is 22.2. The molecule has 0 heterocycles. The van der Waals surface area contributed by atoms with Crippen molar-refractivity contribution >= 4 is 11.5 Å². The first-order chi connectivity index (χ1) is 14.0. The van der Waals surface area contributed by atoms with Crippen LogP contribution < -0.4 is 10.5 Å². The van der Waals surface area contributed by atoms with Crippen LogP contribution in [-0.4, -0.2) is 22.7 Å². The maximum atomic E-state index is 11.1. The van der Waals surface area contributed by atoms with Crippen LogP contribution in [0.4, 0.5) is 0 Å². The van der Waals surface area contributed by atoms with Crippen molar-refractivity contribution in [3.63, 3.8) is 0 Å². The second kappa shape index (κ2) is 11.1. The molecule has 5 heteroatoms. The lowest BCUT2D eigenvalue weighted by Gasteiger charge is -2.14. The van der Waals surface area contributed by atoms with Gasteiger partial charge in [0, 0.05) is 24.0 Å². The Morgan fingerprint density at radius 2 is 1.83 bits per heavy atom. The molecule has 0 aliphatic heterocycles. The van der Waals surface area contributed by atoms with E-state index in [0.29, 0.717) is 42.0 Å². The van der Waals surface area contributed by atoms with Crippen molar-refractivity contribution in [2.24, 2.45) is 5.73 Å². The Balaban J connectivity index is 2.42. The summed E-state index contributed by atoms with van der Waals surface area (Å²) >= 11 is 0. The van der Waals surface area contributed by atoms with Gasteiger partial charge in [0.15, 0.2) is 0 Å². The monoisotopic (exact) mass is 395 g/mol. The van der Waals surface area contributed by atoms with E-state index < -0.39 is 5.97 Å². The maximum absolute atomic E-state index is 11.1. The minimum absolute atomic E-state index is 0.114. The molecule has 2 aromatic carbocycles. The molecule has 0 unspecified atom stereocenters. The quantitative estimate of drug-likeness (QED) is 0.394. The van der Waals surface area contributed by atoms with Gasteiger partial charge in [0.25, 0.3) is 0 Å². The lowest BCUT2D eigenvalue weighted by Crippen LogP contribution is -2.05. The SMILES string of the molecule is CC/C(O)=C(\C=C(/CC)Oc1ccccc1CC(=O)O)c1cccc(CCN)c1. The van der Waals surface area contributed by atoms with E-state index in [1.165, 1.54) is 0 Å². The minimum Gasteiger partial charge on any atom is -0.512 e. The fraction of sp³-hybridized carbons (Fsp3) is 0.292. The van der Waals surface area contributed by atoms with Gasteiger partial charge in [0.1, 0.15) is 11.5 Å². The number of aliphatic carboxylic acids is 1. The molecule has 0 bridgehead atoms. The van der Waals surface area contributed by atoms with Gasteiger partial charge in [-0.3, -0.25) is 4.79 Å². The molecule has 0 aliphatic carbocycles. The summed E-state index contributed by atoms with van der Waals surface area (Å²) in [5.41, 5.74) is 8.97. The van der Waals surface area contributed by atoms with Crippen LogP contribution >= 0.6 is 0 Å². The van der Waals surface area contributed by atoms with Crippen LogP contribution in [0.3, 0.4) is 0 Å². The van der Waals surface area contributed by atoms with Crippen molar-refractivity contribution in [1.82, 2.24) is 0 Å². The van der Waals surface area contributed by atoms with Crippen molar-refractivity contribution in [1.29, 1.82) is 0 Å². The summed E-state index contributed by atoms with van der Waals surface area (Å²) in [6, 6.07) is 15.0. The molecule has 0 saturated carbocycles. The zero-order valence-corrected chi connectivity index (χ0v) is 17.0. The largest absolute Gasteiger partial charge is 0.512 e. The molecule has 154 valence electrons. The van der Waals surface area contributed by atoms with E-state index in [2.05, 4.69) is 0 Å². The van der Waals surface area contributed by atoms with E-state index in [1.54, 1.807) is 18.2 Å². The zero-order valence-electron chi connectivity index (χ0n) is 17.0. The van der Waals surface area contributed by atoms with Crippen molar-refractivity contribution < 1.29 is 19.7 Å². The number of allylic oxidation sites excluding steroid dienone is 4. The van der Waals surface area contributed by atoms with Gasteiger partial charge >= 0.3 is 5.97 Å². The molecule has 0 aliphatic rings. The van der Waals surface area contributed by atoms with Crippen LogP contribution in [-0.2, 0) is 17.6 Å². The molecular weight excluding hydrogens is 366 g/mol. The number of aliphatic hydroxyl groups is 1. The Morgan fingerprint density at radius 3 is 2.48 bits per heavy atom. The van der Waals surface area contributed by atoms with Crippen LogP contribution in [0.1, 0.15) is 43.4 Å². The van der Waals surface area contributed by atoms with Crippen molar-refractivity contribution in [3.8, 4) is 5.75 Å². The lowest BCUT2D eigenvalue weighted by molar-refractivity contribution is -0.136. The van der Waals surface area contributed by atoms with E-state index in [-0.39, 0.29) is 12.2 Å². The van der Waals surface area contributed by atoms with Gasteiger partial charge in [-0.25, -0.2) is 0 Å². The Bertz CT molecular complexity index is 899. The molecule has 5 nitrogen and oxygen atoms in total. The van der Waals surface area contributed by atoms with Gasteiger partial charge in [-0.05, 0) is 36.2 Å². The third kappa shape index (κ3) is 6.50. The number of nitrogens with two attached hydrogens (primary N) is 1. The molecule has 29 heavy (non-hydrogen) atoms. The Labute approximate surface area is 172 Å². The number of carboxylic acids is 1. The Hall–Kier alpha value is -3.05. The summed E-state index contributed by atoms with van der Waals surface area (Å²) in [5.74, 6) is 0.504. The zero-order chi connectivity index (χ0) is 21.2. The maximum Gasteiger partial charge on any atom is 0.307 e. The standard InChI is InChI=1S/C24H29NO4/c1-3-20(29-23-11-6-5-9-19(23)15-24(27)28)16-21(22(26)4-2)18-10-7-8-17(14-18)12-13-25/h5-11,14,16,26H,3-4,12-13,15,25H2,1-2H3,(H,27,28)/b20-16+,22-21-. The predicted octanol–water partition coefficient (Wildman–Crippen LogP) is 4.87. The highest BCUT2D eigenvalue weighted by atomic mass is 16.5. The number of carbonyl (C=O) groups is 1. The highest BCUT2D eigenvalue weighted by Crippen LogP contribution is 2.27. The molecule has 4 N–H and O–H groups in total. The number of benzene rings is 2. The number of carboxylic acid groups (broad SMARTS) is 1. The van der Waals surface area contributed by atoms with E-state index >= 15 is 0 Å². The van der Waals surface area contributed by atoms with Gasteiger partial charge in [0.2, 0.25) is 0 Å². The summed E-state index contributed by atoms with van der Waals surface area (Å²) < 4.78 is 6.05. The van der Waals surface area contributed by atoms with Crippen LogP contribution in [0.2, 0.25) is 0 Å². The molecule has 0 spiro atoms. The van der Waals surface area contributed by atoms with Gasteiger partial charge < -0.3 is 20.7 Å². The van der Waals surface area contributed by atoms with E-state index in [4.69, 9.17) is 15.6 Å². The van der Waals surface area contributed by atoms with Crippen LogP contribution in [0.15, 0.2) is 66.1 Å². The Morgan fingerprint density at radius 1 is 1.07 bits per heavy atom. The number of hydrogen-bond donors (Lipinski definition) is 3. The molecular formula is C24H29NO4. The normalized spacial score (nSPS) is 12.4. The predicted molar refractivity (Wildman–Crippen MR) is 116 cm³/mol. The van der Waals surface area contributed by atoms with Crippen molar-refractivity contribution in [2.75, 3.05) is 6.54 Å². The van der Waals surface area contributed by atoms with Gasteiger partial charge in [-0.2, -0.15) is 0 Å². The highest BCUT2D eigenvalue weighted by Gasteiger charge is 2.12. The molecule has 0 saturated heterocycles. The third-order valence-corrected chi connectivity index (χ3v) is 4.53. The topological polar surface area (TPSA) is 92.8 Å². The van der Waals surface area contributed by atoms with E-state index in [0.717, 1.165) is 17.5 Å². The molecule has 2 rings (SSSR count). The smallest absolute Gasteiger partial charge is 0.307 e. The second-order valence-electron chi connectivity index (χ2n) is 6.70. The summed E-state index contributed by atoms with van der Waals surface area (Å²) in [5, 5.41) is 19.7. The minimum atomic E-state index is -0.913. The molecule has 0 fully saturated rings. The first-order valence-corrected chi connectivity index (χ1v) is 9.88. The molecule has 0 aromatic heterocycles. The number of aliphatic hydroxyl groups excluding tert-OH is 1. The average Bonchev–Trinajstić information content (AvgIpc) is 2.71. The van der Waals surface area contributed by atoms with Crippen LogP contribution in [0.5, 0.6) is 5.75 Å². The number of para-hydroxylation sites is 1. The molecule has 0 atom stereocenters. The molecule has 0 amide bonds. The summed E-state index contributed by atoms with van der Waals surface area (Å²) in [6.45, 7) is 4.40. The Kier molecular flexibility index (Phi) is 8.49. The van der Waals surface area contributed by atoms with Crippen molar-refractivity contribution in [3.05, 3.63) is 82.8 Å². The van der Waals surface area contributed by atoms with Gasteiger partial charge in [-0.15, -0.1) is 0 Å². The van der Waals surface area contributed by atoms with Gasteiger partial charge in [-0.1, -0.05) is 56.3 Å². The first-order valence-electron chi connectivity index (χ1n) is 9.88. The summed E-state index contributed by atoms with van der Waals surface area (Å²) in [7, 11) is 0. The molecule has 2 aromatic rings. The average molecular weight is 395 g/mol. The van der Waals surface area contributed by atoms with Crippen molar-refractivity contribution in [2.45, 2.75) is 39.5 Å². The fourth-order valence-corrected chi connectivity index (χ4v) is 3.00. The summed E-state index contributed by atoms with van der Waals surface area (Å²) in [4.78, 5) is 11.1. The third-order valence-electron chi connectivity index (χ3n) is 4.53. The van der Waals surface area contributed by atoms with Crippen LogP contribution in [0, 0.1) is 0 Å². The number of ether oxygens (including phenoxy) is 1. The number of hydrogen-bond acceptors (Lipinski definition) is 4. The van der Waals surface area contributed by atoms with Crippen LogP contribution in [0.25, 0.3) is 5.57 Å². The van der Waals surface area contributed by atoms with E-state index in [1.807, 2.05) is 50.3 Å². The summed E-state index contributed by atoms with van der Waals surface area (Å²) in [6.07, 6.45) is 3.55. The second-order valence-corrected chi connectivity index (χ2v) is 6.70. The van der Waals surface area contributed by atoms with Gasteiger partial charge in [0.05, 0.1) is 12.2 Å². The molecule has 0 radical (unpaired) electrons. The highest BCUT2D eigenvalue weighted by molar-refractivity contribution is 5.76.